The number of amides is 1. The predicted molar refractivity (Wildman–Crippen MR) is 75.6 cm³/mol. The van der Waals surface area contributed by atoms with E-state index in [2.05, 4.69) is 48.3 Å². The molecule has 2 fully saturated rings. The van der Waals surface area contributed by atoms with Crippen molar-refractivity contribution in [3.05, 3.63) is 35.4 Å². The Bertz CT molecular complexity index is 468. The Balaban J connectivity index is 1.84. The van der Waals surface area contributed by atoms with Gasteiger partial charge in [0.25, 0.3) is 0 Å². The molecule has 2 aliphatic rings. The molecule has 1 aromatic rings. The molecule has 3 rings (SSSR count). The van der Waals surface area contributed by atoms with Crippen LogP contribution in [0.4, 0.5) is 0 Å². The van der Waals surface area contributed by atoms with Crippen molar-refractivity contribution in [3.8, 4) is 0 Å². The molecule has 1 N–H and O–H groups in total. The Morgan fingerprint density at radius 1 is 1.21 bits per heavy atom. The highest BCUT2D eigenvalue weighted by atomic mass is 16.2. The van der Waals surface area contributed by atoms with Crippen LogP contribution in [0.1, 0.15) is 43.5 Å². The minimum atomic E-state index is 0.0726. The van der Waals surface area contributed by atoms with Gasteiger partial charge in [0.2, 0.25) is 5.91 Å². The fourth-order valence-corrected chi connectivity index (χ4v) is 3.39. The van der Waals surface area contributed by atoms with E-state index in [1.807, 2.05) is 0 Å². The van der Waals surface area contributed by atoms with E-state index in [0.29, 0.717) is 12.6 Å². The molecular formula is C16H22N2O. The second-order valence-electron chi connectivity index (χ2n) is 6.07. The first-order chi connectivity index (χ1) is 9.15. The van der Waals surface area contributed by atoms with Crippen LogP contribution in [0.3, 0.4) is 0 Å². The third kappa shape index (κ3) is 2.39. The molecule has 1 aliphatic carbocycles. The van der Waals surface area contributed by atoms with Crippen LogP contribution < -0.4 is 5.32 Å². The average molecular weight is 258 g/mol. The lowest BCUT2D eigenvalue weighted by Crippen LogP contribution is -2.38. The maximum Gasteiger partial charge on any atom is 0.238 e. The van der Waals surface area contributed by atoms with Crippen molar-refractivity contribution >= 4 is 5.91 Å². The quantitative estimate of drug-likeness (QED) is 0.884. The number of benzene rings is 1. The Hall–Kier alpha value is -1.35. The molecule has 3 nitrogen and oxygen atoms in total. The van der Waals surface area contributed by atoms with Gasteiger partial charge >= 0.3 is 0 Å². The number of rotatable bonds is 2. The molecule has 1 heterocycles. The van der Waals surface area contributed by atoms with Gasteiger partial charge < -0.3 is 4.90 Å². The molecule has 1 saturated carbocycles. The van der Waals surface area contributed by atoms with Gasteiger partial charge in [-0.05, 0) is 37.7 Å². The summed E-state index contributed by atoms with van der Waals surface area (Å²) >= 11 is 0. The van der Waals surface area contributed by atoms with E-state index in [-0.39, 0.29) is 12.1 Å². The van der Waals surface area contributed by atoms with Gasteiger partial charge in [-0.2, -0.15) is 0 Å². The number of carbonyl (C=O) groups excluding carboxylic acids is 1. The van der Waals surface area contributed by atoms with E-state index in [9.17, 15) is 4.79 Å². The molecule has 1 amide bonds. The summed E-state index contributed by atoms with van der Waals surface area (Å²) in [4.78, 5) is 14.3. The molecule has 0 bridgehead atoms. The van der Waals surface area contributed by atoms with Gasteiger partial charge in [-0.15, -0.1) is 0 Å². The van der Waals surface area contributed by atoms with Crippen molar-refractivity contribution < 1.29 is 4.79 Å². The van der Waals surface area contributed by atoms with E-state index < -0.39 is 0 Å². The average Bonchev–Trinajstić information content (AvgIpc) is 2.96. The van der Waals surface area contributed by atoms with E-state index in [4.69, 9.17) is 0 Å². The zero-order valence-corrected chi connectivity index (χ0v) is 11.7. The summed E-state index contributed by atoms with van der Waals surface area (Å²) in [5, 5.41) is 3.36. The van der Waals surface area contributed by atoms with E-state index >= 15 is 0 Å². The van der Waals surface area contributed by atoms with Crippen LogP contribution in [0.15, 0.2) is 24.3 Å². The van der Waals surface area contributed by atoms with E-state index in [0.717, 1.165) is 18.8 Å². The maximum atomic E-state index is 12.2. The minimum Gasteiger partial charge on any atom is -0.319 e. The third-order valence-electron chi connectivity index (χ3n) is 4.47. The van der Waals surface area contributed by atoms with Gasteiger partial charge in [0.05, 0.1) is 6.54 Å². The Morgan fingerprint density at radius 2 is 1.95 bits per heavy atom. The zero-order valence-electron chi connectivity index (χ0n) is 11.7. The van der Waals surface area contributed by atoms with Crippen LogP contribution in [-0.2, 0) is 4.79 Å². The predicted octanol–water partition coefficient (Wildman–Crippen LogP) is 2.61. The van der Waals surface area contributed by atoms with Crippen LogP contribution >= 0.6 is 0 Å². The van der Waals surface area contributed by atoms with Crippen LogP contribution in [-0.4, -0.2) is 23.4 Å². The lowest BCUT2D eigenvalue weighted by atomic mass is 10.1. The molecule has 1 aliphatic heterocycles. The molecule has 1 saturated heterocycles. The van der Waals surface area contributed by atoms with Gasteiger partial charge in [0, 0.05) is 6.04 Å². The fraction of sp³-hybridized carbons (Fsp3) is 0.562. The van der Waals surface area contributed by atoms with Gasteiger partial charge in [-0.3, -0.25) is 10.1 Å². The first kappa shape index (κ1) is 12.7. The summed E-state index contributed by atoms with van der Waals surface area (Å²) in [7, 11) is 0. The summed E-state index contributed by atoms with van der Waals surface area (Å²) in [6.07, 6.45) is 3.62. The maximum absolute atomic E-state index is 12.2. The van der Waals surface area contributed by atoms with Gasteiger partial charge in [-0.25, -0.2) is 0 Å². The van der Waals surface area contributed by atoms with E-state index in [1.165, 1.54) is 17.5 Å². The van der Waals surface area contributed by atoms with Crippen LogP contribution in [0, 0.1) is 12.8 Å². The number of carbonyl (C=O) groups is 1. The lowest BCUT2D eigenvalue weighted by molar-refractivity contribution is -0.130. The van der Waals surface area contributed by atoms with Crippen molar-refractivity contribution in [1.29, 1.82) is 0 Å². The SMILES string of the molecule is Cc1ccc(C2NCC(=O)N2C2CCC(C)C2)cc1. The van der Waals surface area contributed by atoms with Crippen LogP contribution in [0.2, 0.25) is 0 Å². The Morgan fingerprint density at radius 3 is 2.58 bits per heavy atom. The standard InChI is InChI=1S/C16H22N2O/c1-11-3-6-13(7-4-11)16-17-10-15(19)18(16)14-8-5-12(2)9-14/h3-4,6-7,12,14,16-17H,5,8-10H2,1-2H3. The normalized spacial score (nSPS) is 31.2. The molecule has 0 radical (unpaired) electrons. The Labute approximate surface area is 115 Å². The first-order valence-corrected chi connectivity index (χ1v) is 7.26. The third-order valence-corrected chi connectivity index (χ3v) is 4.47. The number of hydrogen-bond donors (Lipinski definition) is 1. The van der Waals surface area contributed by atoms with Gasteiger partial charge in [0.15, 0.2) is 0 Å². The van der Waals surface area contributed by atoms with Crippen molar-refractivity contribution in [2.24, 2.45) is 5.92 Å². The van der Waals surface area contributed by atoms with Crippen LogP contribution in [0.25, 0.3) is 0 Å². The van der Waals surface area contributed by atoms with Crippen molar-refractivity contribution in [2.45, 2.75) is 45.3 Å². The molecule has 3 atom stereocenters. The van der Waals surface area contributed by atoms with Gasteiger partial charge in [0.1, 0.15) is 6.17 Å². The molecule has 19 heavy (non-hydrogen) atoms. The number of nitrogens with zero attached hydrogens (tertiary/aromatic N) is 1. The lowest BCUT2D eigenvalue weighted by Gasteiger charge is -2.30. The summed E-state index contributed by atoms with van der Waals surface area (Å²) in [6.45, 7) is 4.85. The molecule has 3 unspecified atom stereocenters. The summed E-state index contributed by atoms with van der Waals surface area (Å²) in [5.41, 5.74) is 2.46. The highest BCUT2D eigenvalue weighted by Gasteiger charge is 2.39. The van der Waals surface area contributed by atoms with Crippen LogP contribution in [0.5, 0.6) is 0 Å². The molecule has 3 heteroatoms. The van der Waals surface area contributed by atoms with E-state index in [1.54, 1.807) is 0 Å². The largest absolute Gasteiger partial charge is 0.319 e. The van der Waals surface area contributed by atoms with Crippen molar-refractivity contribution in [1.82, 2.24) is 10.2 Å². The van der Waals surface area contributed by atoms with Crippen molar-refractivity contribution in [2.75, 3.05) is 6.54 Å². The number of nitrogens with one attached hydrogen (secondary N) is 1. The second-order valence-corrected chi connectivity index (χ2v) is 6.07. The second kappa shape index (κ2) is 4.97. The minimum absolute atomic E-state index is 0.0726. The molecule has 0 spiro atoms. The molecule has 102 valence electrons. The van der Waals surface area contributed by atoms with Crippen molar-refractivity contribution in [3.63, 3.8) is 0 Å². The highest BCUT2D eigenvalue weighted by molar-refractivity contribution is 5.81. The molecular weight excluding hydrogens is 236 g/mol. The van der Waals surface area contributed by atoms with Gasteiger partial charge in [-0.1, -0.05) is 36.8 Å². The summed E-state index contributed by atoms with van der Waals surface area (Å²) < 4.78 is 0. The number of aryl methyl sites for hydroxylation is 1. The molecule has 1 aromatic carbocycles. The Kier molecular flexibility index (Phi) is 3.31. The smallest absolute Gasteiger partial charge is 0.238 e. The summed E-state index contributed by atoms with van der Waals surface area (Å²) in [6, 6.07) is 8.93. The first-order valence-electron chi connectivity index (χ1n) is 7.26. The number of hydrogen-bond acceptors (Lipinski definition) is 2. The summed E-state index contributed by atoms with van der Waals surface area (Å²) in [5.74, 6) is 1.00. The molecule has 0 aromatic heterocycles. The topological polar surface area (TPSA) is 32.3 Å². The monoisotopic (exact) mass is 258 g/mol. The highest BCUT2D eigenvalue weighted by Crippen LogP contribution is 2.35. The fourth-order valence-electron chi connectivity index (χ4n) is 3.39. The zero-order chi connectivity index (χ0) is 13.4.